The van der Waals surface area contributed by atoms with Crippen LogP contribution >= 0.6 is 0 Å². The summed E-state index contributed by atoms with van der Waals surface area (Å²) in [6.45, 7) is 2.39. The third-order valence-electron chi connectivity index (χ3n) is 6.10. The number of Topliss-reactive ketones (excluding diaryl/α,β-unsaturated/α-hetero) is 1. The number of rotatable bonds is 5. The first-order chi connectivity index (χ1) is 12.4. The number of benzene rings is 1. The Kier molecular flexibility index (Phi) is 5.73. The number of fused-ring (bicyclic) bond motifs is 1. The van der Waals surface area contributed by atoms with Crippen molar-refractivity contribution in [2.75, 3.05) is 33.3 Å². The molecule has 2 saturated heterocycles. The van der Waals surface area contributed by atoms with Crippen molar-refractivity contribution in [3.05, 3.63) is 35.6 Å². The van der Waals surface area contributed by atoms with E-state index in [0.29, 0.717) is 18.7 Å². The van der Waals surface area contributed by atoms with Gasteiger partial charge in [0.25, 0.3) is 0 Å². The summed E-state index contributed by atoms with van der Waals surface area (Å²) in [4.78, 5) is 28.9. The molecule has 2 aliphatic rings. The largest absolute Gasteiger partial charge is 0.396 e. The van der Waals surface area contributed by atoms with Gasteiger partial charge in [0.05, 0.1) is 6.61 Å². The zero-order valence-electron chi connectivity index (χ0n) is 15.3. The number of hydrogen-bond donors (Lipinski definition) is 1. The Balaban J connectivity index is 1.57. The van der Waals surface area contributed by atoms with Crippen molar-refractivity contribution in [3.8, 4) is 0 Å². The van der Waals surface area contributed by atoms with Gasteiger partial charge in [0.15, 0.2) is 5.78 Å². The van der Waals surface area contributed by atoms with Crippen LogP contribution in [0.1, 0.15) is 42.5 Å². The lowest BCUT2D eigenvalue weighted by atomic mass is 9.69. The van der Waals surface area contributed by atoms with Crippen LogP contribution in [0.25, 0.3) is 0 Å². The van der Waals surface area contributed by atoms with Crippen LogP contribution < -0.4 is 0 Å². The molecular weight excluding hydrogens is 335 g/mol. The monoisotopic (exact) mass is 362 g/mol. The predicted molar refractivity (Wildman–Crippen MR) is 96.3 cm³/mol. The third-order valence-corrected chi connectivity index (χ3v) is 6.10. The predicted octanol–water partition coefficient (Wildman–Crippen LogP) is 2.09. The highest BCUT2D eigenvalue weighted by molar-refractivity contribution is 5.97. The van der Waals surface area contributed by atoms with Crippen molar-refractivity contribution in [1.82, 2.24) is 9.80 Å². The number of nitrogens with zero attached hydrogens (tertiary/aromatic N) is 2. The minimum absolute atomic E-state index is 0.0222. The molecule has 0 bridgehead atoms. The van der Waals surface area contributed by atoms with E-state index in [9.17, 15) is 19.1 Å². The summed E-state index contributed by atoms with van der Waals surface area (Å²) in [6, 6.07) is 5.59. The fourth-order valence-corrected chi connectivity index (χ4v) is 4.40. The van der Waals surface area contributed by atoms with Crippen molar-refractivity contribution in [3.63, 3.8) is 0 Å². The number of halogens is 1. The third kappa shape index (κ3) is 3.81. The van der Waals surface area contributed by atoms with Crippen LogP contribution in [0.3, 0.4) is 0 Å². The maximum Gasteiger partial charge on any atom is 0.223 e. The SMILES string of the molecule is CN1CCC[C@]2(CO)CCN(C(=O)CCC(=O)c3ccc(F)cc3)C[C@@H]12. The molecule has 1 aromatic carbocycles. The number of piperidine rings is 2. The molecule has 1 amide bonds. The van der Waals surface area contributed by atoms with Gasteiger partial charge in [-0.3, -0.25) is 9.59 Å². The summed E-state index contributed by atoms with van der Waals surface area (Å²) in [6.07, 6.45) is 3.18. The average molecular weight is 362 g/mol. The topological polar surface area (TPSA) is 60.9 Å². The molecule has 1 aromatic rings. The molecule has 5 nitrogen and oxygen atoms in total. The van der Waals surface area contributed by atoms with Gasteiger partial charge in [0.2, 0.25) is 5.91 Å². The molecule has 0 saturated carbocycles. The van der Waals surface area contributed by atoms with Crippen molar-refractivity contribution in [2.24, 2.45) is 5.41 Å². The molecule has 142 valence electrons. The van der Waals surface area contributed by atoms with Crippen molar-refractivity contribution < 1.29 is 19.1 Å². The van der Waals surface area contributed by atoms with E-state index in [4.69, 9.17) is 0 Å². The molecule has 0 unspecified atom stereocenters. The van der Waals surface area contributed by atoms with E-state index in [-0.39, 0.29) is 48.4 Å². The molecule has 2 fully saturated rings. The van der Waals surface area contributed by atoms with Gasteiger partial charge in [-0.05, 0) is 57.1 Å². The van der Waals surface area contributed by atoms with E-state index < -0.39 is 0 Å². The van der Waals surface area contributed by atoms with Crippen LogP contribution in [0.2, 0.25) is 0 Å². The van der Waals surface area contributed by atoms with Gasteiger partial charge in [-0.15, -0.1) is 0 Å². The van der Waals surface area contributed by atoms with E-state index in [1.165, 1.54) is 24.3 Å². The van der Waals surface area contributed by atoms with E-state index in [1.54, 1.807) is 0 Å². The lowest BCUT2D eigenvalue weighted by Gasteiger charge is -2.53. The molecule has 3 rings (SSSR count). The van der Waals surface area contributed by atoms with E-state index in [2.05, 4.69) is 11.9 Å². The normalized spacial score (nSPS) is 26.4. The fourth-order valence-electron chi connectivity index (χ4n) is 4.40. The first-order valence-electron chi connectivity index (χ1n) is 9.33. The first-order valence-corrected chi connectivity index (χ1v) is 9.33. The number of carbonyl (C=O) groups excluding carboxylic acids is 2. The molecule has 0 aromatic heterocycles. The van der Waals surface area contributed by atoms with Crippen LogP contribution in [-0.2, 0) is 4.79 Å². The fraction of sp³-hybridized carbons (Fsp3) is 0.600. The van der Waals surface area contributed by atoms with Gasteiger partial charge in [-0.25, -0.2) is 4.39 Å². The molecule has 2 heterocycles. The Bertz CT molecular complexity index is 664. The minimum atomic E-state index is -0.380. The highest BCUT2D eigenvalue weighted by Gasteiger charge is 2.47. The standard InChI is InChI=1S/C20H27FN2O3/c1-22-11-2-9-20(14-24)10-12-23(13-18(20)22)19(26)8-7-17(25)15-3-5-16(21)6-4-15/h3-6,18,24H,2,7-14H2,1H3/t18-,20-/m1/s1. The molecule has 1 N–H and O–H groups in total. The number of aliphatic hydroxyl groups excluding tert-OH is 1. The number of ketones is 1. The van der Waals surface area contributed by atoms with E-state index in [1.807, 2.05) is 4.90 Å². The molecule has 0 aliphatic carbocycles. The Morgan fingerprint density at radius 2 is 1.92 bits per heavy atom. The van der Waals surface area contributed by atoms with Crippen LogP contribution in [0.5, 0.6) is 0 Å². The van der Waals surface area contributed by atoms with E-state index in [0.717, 1.165) is 25.8 Å². The zero-order valence-corrected chi connectivity index (χ0v) is 15.3. The number of likely N-dealkylation sites (N-methyl/N-ethyl adjacent to an activating group) is 1. The van der Waals surface area contributed by atoms with Crippen molar-refractivity contribution in [1.29, 1.82) is 0 Å². The highest BCUT2D eigenvalue weighted by Crippen LogP contribution is 2.41. The Labute approximate surface area is 153 Å². The summed E-state index contributed by atoms with van der Waals surface area (Å²) in [5.41, 5.74) is 0.331. The van der Waals surface area contributed by atoms with Crippen LogP contribution in [0, 0.1) is 11.2 Å². The van der Waals surface area contributed by atoms with Gasteiger partial charge < -0.3 is 14.9 Å². The summed E-state index contributed by atoms with van der Waals surface area (Å²) in [5.74, 6) is -0.546. The summed E-state index contributed by atoms with van der Waals surface area (Å²) >= 11 is 0. The maximum absolute atomic E-state index is 12.9. The molecule has 26 heavy (non-hydrogen) atoms. The Hall–Kier alpha value is -1.79. The molecule has 2 atom stereocenters. The number of amides is 1. The molecular formula is C20H27FN2O3. The maximum atomic E-state index is 12.9. The Morgan fingerprint density at radius 3 is 2.62 bits per heavy atom. The van der Waals surface area contributed by atoms with Gasteiger partial charge in [-0.2, -0.15) is 0 Å². The number of aliphatic hydroxyl groups is 1. The Morgan fingerprint density at radius 1 is 1.19 bits per heavy atom. The van der Waals surface area contributed by atoms with Crippen LogP contribution in [-0.4, -0.2) is 65.9 Å². The number of carbonyl (C=O) groups is 2. The lowest BCUT2D eigenvalue weighted by Crippen LogP contribution is -2.62. The number of hydrogen-bond acceptors (Lipinski definition) is 4. The van der Waals surface area contributed by atoms with Gasteiger partial charge in [-0.1, -0.05) is 0 Å². The lowest BCUT2D eigenvalue weighted by molar-refractivity contribution is -0.139. The number of likely N-dealkylation sites (tertiary alicyclic amines) is 2. The molecule has 0 radical (unpaired) electrons. The quantitative estimate of drug-likeness (QED) is 0.815. The molecule has 6 heteroatoms. The van der Waals surface area contributed by atoms with Crippen LogP contribution in [0.4, 0.5) is 4.39 Å². The summed E-state index contributed by atoms with van der Waals surface area (Å²) < 4.78 is 12.9. The van der Waals surface area contributed by atoms with Gasteiger partial charge >= 0.3 is 0 Å². The first kappa shape index (κ1) is 19.0. The zero-order chi connectivity index (χ0) is 18.7. The smallest absolute Gasteiger partial charge is 0.223 e. The summed E-state index contributed by atoms with van der Waals surface area (Å²) in [7, 11) is 2.06. The summed E-state index contributed by atoms with van der Waals surface area (Å²) in [5, 5.41) is 9.94. The van der Waals surface area contributed by atoms with Gasteiger partial charge in [0.1, 0.15) is 5.82 Å². The van der Waals surface area contributed by atoms with E-state index >= 15 is 0 Å². The highest BCUT2D eigenvalue weighted by atomic mass is 19.1. The molecule has 2 aliphatic heterocycles. The van der Waals surface area contributed by atoms with Crippen LogP contribution in [0.15, 0.2) is 24.3 Å². The average Bonchev–Trinajstić information content (AvgIpc) is 2.66. The minimum Gasteiger partial charge on any atom is -0.396 e. The van der Waals surface area contributed by atoms with Gasteiger partial charge in [0, 0.05) is 43.0 Å². The second-order valence-corrected chi connectivity index (χ2v) is 7.64. The molecule has 0 spiro atoms. The second kappa shape index (κ2) is 7.84. The van der Waals surface area contributed by atoms with Crippen molar-refractivity contribution in [2.45, 2.75) is 38.1 Å². The second-order valence-electron chi connectivity index (χ2n) is 7.64. The van der Waals surface area contributed by atoms with Crippen molar-refractivity contribution >= 4 is 11.7 Å².